The highest BCUT2D eigenvalue weighted by atomic mass is 35.5. The molecule has 9 nitrogen and oxygen atoms in total. The third-order valence-electron chi connectivity index (χ3n) is 5.69. The SMILES string of the molecule is O=C(CNc1nc2c(Cl)c3nc(NCC(=O)N4CCNCC4)sc3cc2s1)N1CCCC1. The van der Waals surface area contributed by atoms with Crippen molar-refractivity contribution >= 4 is 76.8 Å². The molecule has 1 aromatic carbocycles. The lowest BCUT2D eigenvalue weighted by atomic mass is 10.3. The zero-order valence-corrected chi connectivity index (χ0v) is 19.8. The van der Waals surface area contributed by atoms with Gasteiger partial charge in [-0.3, -0.25) is 9.59 Å². The molecule has 4 heterocycles. The quantitative estimate of drug-likeness (QED) is 0.484. The number of likely N-dealkylation sites (tertiary alicyclic amines) is 1. The molecule has 12 heteroatoms. The molecule has 2 fully saturated rings. The molecule has 2 aliphatic rings. The number of nitrogens with zero attached hydrogens (tertiary/aromatic N) is 4. The number of hydrogen-bond acceptors (Lipinski definition) is 9. The molecule has 3 aromatic rings. The van der Waals surface area contributed by atoms with Crippen molar-refractivity contribution in [2.45, 2.75) is 12.8 Å². The first-order valence-corrected chi connectivity index (χ1v) is 12.7. The normalized spacial score (nSPS) is 16.8. The second-order valence-corrected chi connectivity index (χ2v) is 10.3. The van der Waals surface area contributed by atoms with Crippen molar-refractivity contribution in [3.8, 4) is 0 Å². The van der Waals surface area contributed by atoms with Crippen LogP contribution in [0.5, 0.6) is 0 Å². The van der Waals surface area contributed by atoms with Gasteiger partial charge in [0.2, 0.25) is 11.8 Å². The number of hydrogen-bond donors (Lipinski definition) is 3. The lowest BCUT2D eigenvalue weighted by Crippen LogP contribution is -2.48. The van der Waals surface area contributed by atoms with E-state index in [4.69, 9.17) is 11.6 Å². The number of halogens is 1. The van der Waals surface area contributed by atoms with E-state index in [1.165, 1.54) is 22.7 Å². The van der Waals surface area contributed by atoms with Gasteiger partial charge in [0.05, 0.1) is 27.5 Å². The maximum Gasteiger partial charge on any atom is 0.242 e. The molecule has 0 unspecified atom stereocenters. The van der Waals surface area contributed by atoms with Gasteiger partial charge >= 0.3 is 0 Å². The van der Waals surface area contributed by atoms with E-state index < -0.39 is 0 Å². The van der Waals surface area contributed by atoms with E-state index >= 15 is 0 Å². The summed E-state index contributed by atoms with van der Waals surface area (Å²) in [6.45, 7) is 5.24. The summed E-state index contributed by atoms with van der Waals surface area (Å²) in [5.74, 6) is 0.167. The van der Waals surface area contributed by atoms with E-state index in [0.29, 0.717) is 26.3 Å². The lowest BCUT2D eigenvalue weighted by Gasteiger charge is -2.27. The highest BCUT2D eigenvalue weighted by Crippen LogP contribution is 2.39. The number of piperazine rings is 1. The number of carbonyl (C=O) groups is 2. The minimum absolute atomic E-state index is 0.0682. The molecule has 2 aromatic heterocycles. The predicted octanol–water partition coefficient (Wildman–Crippen LogP) is 2.44. The molecule has 32 heavy (non-hydrogen) atoms. The average molecular weight is 494 g/mol. The third-order valence-corrected chi connectivity index (χ3v) is 7.97. The number of fused-ring (bicyclic) bond motifs is 2. The maximum absolute atomic E-state index is 12.4. The minimum atomic E-state index is 0.0682. The monoisotopic (exact) mass is 493 g/mol. The molecule has 2 aliphatic heterocycles. The second-order valence-electron chi connectivity index (χ2n) is 7.85. The minimum Gasteiger partial charge on any atom is -0.352 e. The number of carbonyl (C=O) groups excluding carboxylic acids is 2. The van der Waals surface area contributed by atoms with Crippen LogP contribution in [-0.4, -0.2) is 83.9 Å². The van der Waals surface area contributed by atoms with Crippen LogP contribution in [0.2, 0.25) is 5.02 Å². The Labute approximate surface area is 198 Å². The van der Waals surface area contributed by atoms with Crippen molar-refractivity contribution in [1.29, 1.82) is 0 Å². The summed E-state index contributed by atoms with van der Waals surface area (Å²) in [6, 6.07) is 2.02. The number of benzene rings is 1. The Hall–Kier alpha value is -2.21. The van der Waals surface area contributed by atoms with Gasteiger partial charge in [0.1, 0.15) is 11.0 Å². The summed E-state index contributed by atoms with van der Waals surface area (Å²) < 4.78 is 1.87. The number of nitrogens with one attached hydrogen (secondary N) is 3. The van der Waals surface area contributed by atoms with Crippen molar-refractivity contribution in [3.63, 3.8) is 0 Å². The Morgan fingerprint density at radius 1 is 0.906 bits per heavy atom. The van der Waals surface area contributed by atoms with E-state index in [9.17, 15) is 9.59 Å². The highest BCUT2D eigenvalue weighted by Gasteiger charge is 2.20. The molecule has 3 N–H and O–H groups in total. The van der Waals surface area contributed by atoms with Crippen LogP contribution in [-0.2, 0) is 9.59 Å². The van der Waals surface area contributed by atoms with Gasteiger partial charge in [-0.25, -0.2) is 9.97 Å². The zero-order chi connectivity index (χ0) is 22.1. The fraction of sp³-hybridized carbons (Fsp3) is 0.500. The van der Waals surface area contributed by atoms with E-state index in [-0.39, 0.29) is 24.9 Å². The molecule has 2 saturated heterocycles. The molecule has 2 amide bonds. The molecule has 0 atom stereocenters. The van der Waals surface area contributed by atoms with Crippen molar-refractivity contribution in [3.05, 3.63) is 11.1 Å². The van der Waals surface area contributed by atoms with Gasteiger partial charge in [-0.2, -0.15) is 0 Å². The Bertz CT molecular complexity index is 1150. The van der Waals surface area contributed by atoms with Gasteiger partial charge in [-0.05, 0) is 18.9 Å². The fourth-order valence-corrected chi connectivity index (χ4v) is 6.26. The Morgan fingerprint density at radius 3 is 1.94 bits per heavy atom. The Morgan fingerprint density at radius 2 is 1.41 bits per heavy atom. The molecule has 0 spiro atoms. The number of anilines is 2. The van der Waals surface area contributed by atoms with Gasteiger partial charge in [0, 0.05) is 39.3 Å². The summed E-state index contributed by atoms with van der Waals surface area (Å²) in [4.78, 5) is 37.6. The van der Waals surface area contributed by atoms with Crippen LogP contribution in [0, 0.1) is 0 Å². The summed E-state index contributed by atoms with van der Waals surface area (Å²) in [5, 5.41) is 11.4. The number of thiazole rings is 2. The van der Waals surface area contributed by atoms with Gasteiger partial charge in [-0.1, -0.05) is 34.3 Å². The molecule has 0 radical (unpaired) electrons. The molecule has 0 bridgehead atoms. The Kier molecular flexibility index (Phi) is 6.31. The van der Waals surface area contributed by atoms with Crippen LogP contribution in [0.1, 0.15) is 12.8 Å². The van der Waals surface area contributed by atoms with Crippen LogP contribution in [0.3, 0.4) is 0 Å². The first-order chi connectivity index (χ1) is 15.6. The maximum atomic E-state index is 12.4. The lowest BCUT2D eigenvalue weighted by molar-refractivity contribution is -0.130. The number of rotatable bonds is 6. The van der Waals surface area contributed by atoms with Gasteiger partial charge in [0.15, 0.2) is 10.3 Å². The van der Waals surface area contributed by atoms with Crippen LogP contribution in [0.25, 0.3) is 20.4 Å². The van der Waals surface area contributed by atoms with Crippen molar-refractivity contribution in [1.82, 2.24) is 25.1 Å². The first kappa shape index (κ1) is 21.6. The molecular weight excluding hydrogens is 470 g/mol. The number of aromatic nitrogens is 2. The largest absolute Gasteiger partial charge is 0.352 e. The zero-order valence-electron chi connectivity index (χ0n) is 17.4. The smallest absolute Gasteiger partial charge is 0.242 e. The molecule has 5 rings (SSSR count). The standard InChI is InChI=1S/C20H24ClN7O2S2/c21-16-17-12(31-19(25-17)23-10-14(29)27-5-1-2-6-27)9-13-18(16)26-20(32-13)24-11-15(30)28-7-3-22-4-8-28/h9,22H,1-8,10-11H2,(H,23,25)(H,24,26). The van der Waals surface area contributed by atoms with E-state index in [0.717, 1.165) is 61.5 Å². The van der Waals surface area contributed by atoms with Crippen molar-refractivity contribution in [2.24, 2.45) is 0 Å². The summed E-state index contributed by atoms with van der Waals surface area (Å²) in [6.07, 6.45) is 2.15. The fourth-order valence-electron chi connectivity index (χ4n) is 3.96. The van der Waals surface area contributed by atoms with Crippen molar-refractivity contribution in [2.75, 3.05) is 63.0 Å². The van der Waals surface area contributed by atoms with Crippen LogP contribution in [0.4, 0.5) is 10.3 Å². The van der Waals surface area contributed by atoms with Gasteiger partial charge in [0.25, 0.3) is 0 Å². The molecule has 0 saturated carbocycles. The summed E-state index contributed by atoms with van der Waals surface area (Å²) in [7, 11) is 0. The molecule has 0 aliphatic carbocycles. The first-order valence-electron chi connectivity index (χ1n) is 10.7. The predicted molar refractivity (Wildman–Crippen MR) is 130 cm³/mol. The van der Waals surface area contributed by atoms with Crippen LogP contribution < -0.4 is 16.0 Å². The van der Waals surface area contributed by atoms with E-state index in [1.807, 2.05) is 15.9 Å². The van der Waals surface area contributed by atoms with Crippen LogP contribution >= 0.6 is 34.3 Å². The Balaban J connectivity index is 1.27. The molecular formula is C20H24ClN7O2S2. The second kappa shape index (κ2) is 9.34. The van der Waals surface area contributed by atoms with Gasteiger partial charge < -0.3 is 25.8 Å². The average Bonchev–Trinajstić information content (AvgIpc) is 3.56. The van der Waals surface area contributed by atoms with E-state index in [2.05, 4.69) is 25.9 Å². The topological polar surface area (TPSA) is 102 Å². The summed E-state index contributed by atoms with van der Waals surface area (Å²) >= 11 is 9.57. The van der Waals surface area contributed by atoms with Gasteiger partial charge in [-0.15, -0.1) is 0 Å². The number of amides is 2. The van der Waals surface area contributed by atoms with E-state index in [1.54, 1.807) is 0 Å². The van der Waals surface area contributed by atoms with Crippen molar-refractivity contribution < 1.29 is 9.59 Å². The molecule has 170 valence electrons. The summed E-state index contributed by atoms with van der Waals surface area (Å²) in [5.41, 5.74) is 1.35. The highest BCUT2D eigenvalue weighted by molar-refractivity contribution is 7.24. The van der Waals surface area contributed by atoms with Crippen LogP contribution in [0.15, 0.2) is 6.07 Å². The third kappa shape index (κ3) is 4.47.